The highest BCUT2D eigenvalue weighted by Gasteiger charge is 2.41. The van der Waals surface area contributed by atoms with Crippen LogP contribution in [-0.2, 0) is 9.59 Å². The molecule has 5 nitrogen and oxygen atoms in total. The molecule has 4 atom stereocenters. The van der Waals surface area contributed by atoms with Crippen LogP contribution >= 0.6 is 0 Å². The number of rotatable bonds is 6. The first kappa shape index (κ1) is 17.0. The van der Waals surface area contributed by atoms with Crippen molar-refractivity contribution in [3.05, 3.63) is 0 Å². The van der Waals surface area contributed by atoms with E-state index in [1.807, 2.05) is 25.9 Å². The van der Waals surface area contributed by atoms with Crippen LogP contribution in [0.5, 0.6) is 0 Å². The molecule has 0 aromatic carbocycles. The number of aliphatic carboxylic acids is 1. The summed E-state index contributed by atoms with van der Waals surface area (Å²) in [5.74, 6) is -1.23. The molecule has 0 bridgehead atoms. The number of carbonyl (C=O) groups is 2. The smallest absolute Gasteiger partial charge is 0.307 e. The van der Waals surface area contributed by atoms with E-state index in [0.717, 1.165) is 6.54 Å². The number of amides is 1. The first-order valence-electron chi connectivity index (χ1n) is 7.40. The number of carboxylic acid groups (broad SMARTS) is 1. The third-order valence-electron chi connectivity index (χ3n) is 4.15. The largest absolute Gasteiger partial charge is 0.481 e. The quantitative estimate of drug-likeness (QED) is 0.774. The number of nitrogens with zero attached hydrogens (tertiary/aromatic N) is 1. The Morgan fingerprint density at radius 1 is 1.25 bits per heavy atom. The van der Waals surface area contributed by atoms with Crippen molar-refractivity contribution in [1.29, 1.82) is 0 Å². The number of carboxylic acids is 1. The molecule has 0 saturated heterocycles. The Hall–Kier alpha value is -1.10. The van der Waals surface area contributed by atoms with E-state index >= 15 is 0 Å². The molecule has 1 aliphatic rings. The van der Waals surface area contributed by atoms with Gasteiger partial charge in [0.25, 0.3) is 0 Å². The molecule has 1 rings (SSSR count). The fourth-order valence-corrected chi connectivity index (χ4v) is 2.96. The molecule has 20 heavy (non-hydrogen) atoms. The van der Waals surface area contributed by atoms with Crippen molar-refractivity contribution in [3.63, 3.8) is 0 Å². The third-order valence-corrected chi connectivity index (χ3v) is 4.15. The van der Waals surface area contributed by atoms with Gasteiger partial charge >= 0.3 is 5.97 Å². The Kier molecular flexibility index (Phi) is 5.99. The predicted molar refractivity (Wildman–Crippen MR) is 78.3 cm³/mol. The number of nitrogens with one attached hydrogen (secondary N) is 1. The summed E-state index contributed by atoms with van der Waals surface area (Å²) in [6.07, 6.45) is 1.28. The monoisotopic (exact) mass is 284 g/mol. The van der Waals surface area contributed by atoms with Gasteiger partial charge in [0.2, 0.25) is 5.91 Å². The van der Waals surface area contributed by atoms with Gasteiger partial charge in [-0.2, -0.15) is 0 Å². The maximum Gasteiger partial charge on any atom is 0.307 e. The summed E-state index contributed by atoms with van der Waals surface area (Å²) in [5.41, 5.74) is 0. The molecule has 0 heterocycles. The fraction of sp³-hybridized carbons (Fsp3) is 0.867. The summed E-state index contributed by atoms with van der Waals surface area (Å²) in [6.45, 7) is 6.92. The zero-order chi connectivity index (χ0) is 15.4. The fourth-order valence-electron chi connectivity index (χ4n) is 2.96. The lowest BCUT2D eigenvalue weighted by atomic mass is 9.94. The van der Waals surface area contributed by atoms with E-state index in [-0.39, 0.29) is 17.9 Å². The molecule has 0 spiro atoms. The van der Waals surface area contributed by atoms with E-state index in [0.29, 0.717) is 24.7 Å². The zero-order valence-electron chi connectivity index (χ0n) is 13.2. The van der Waals surface area contributed by atoms with Crippen LogP contribution in [0.25, 0.3) is 0 Å². The van der Waals surface area contributed by atoms with Crippen molar-refractivity contribution in [2.75, 3.05) is 20.6 Å². The van der Waals surface area contributed by atoms with Crippen molar-refractivity contribution in [1.82, 2.24) is 10.2 Å². The maximum absolute atomic E-state index is 12.4. The van der Waals surface area contributed by atoms with Crippen LogP contribution in [0.4, 0.5) is 0 Å². The van der Waals surface area contributed by atoms with Crippen LogP contribution in [-0.4, -0.2) is 48.6 Å². The Morgan fingerprint density at radius 3 is 2.25 bits per heavy atom. The molecule has 1 fully saturated rings. The molecule has 1 saturated carbocycles. The lowest BCUT2D eigenvalue weighted by Crippen LogP contribution is -2.48. The molecule has 5 heteroatoms. The van der Waals surface area contributed by atoms with Gasteiger partial charge in [0.1, 0.15) is 0 Å². The molecule has 0 aliphatic heterocycles. The average Bonchev–Trinajstić information content (AvgIpc) is 2.69. The van der Waals surface area contributed by atoms with Crippen LogP contribution in [0.1, 0.15) is 33.6 Å². The van der Waals surface area contributed by atoms with E-state index in [1.54, 1.807) is 0 Å². The van der Waals surface area contributed by atoms with Gasteiger partial charge in [0.05, 0.1) is 11.8 Å². The van der Waals surface area contributed by atoms with E-state index in [4.69, 9.17) is 0 Å². The van der Waals surface area contributed by atoms with Crippen LogP contribution in [0.3, 0.4) is 0 Å². The summed E-state index contributed by atoms with van der Waals surface area (Å²) in [5, 5.41) is 12.3. The van der Waals surface area contributed by atoms with Crippen LogP contribution in [0, 0.1) is 23.7 Å². The Labute approximate surface area is 121 Å². The van der Waals surface area contributed by atoms with Crippen molar-refractivity contribution in [2.24, 2.45) is 23.7 Å². The molecule has 1 aliphatic carbocycles. The highest BCUT2D eigenvalue weighted by Crippen LogP contribution is 2.36. The molecule has 2 N–H and O–H groups in total. The van der Waals surface area contributed by atoms with Gasteiger partial charge in [-0.3, -0.25) is 9.59 Å². The molecule has 0 aromatic heterocycles. The Balaban J connectivity index is 2.70. The standard InChI is InChI=1S/C15H28N2O3/c1-9(2)13(8-17(4)5)16-14(18)11-6-10(3)7-12(11)15(19)20/h9-13H,6-8H2,1-5H3,(H,16,18)(H,19,20)/t10?,11-,12+,13?/m0/s1. The van der Waals surface area contributed by atoms with Gasteiger partial charge in [-0.1, -0.05) is 20.8 Å². The number of hydrogen-bond donors (Lipinski definition) is 2. The minimum absolute atomic E-state index is 0.0582. The van der Waals surface area contributed by atoms with Crippen molar-refractivity contribution < 1.29 is 14.7 Å². The van der Waals surface area contributed by atoms with Gasteiger partial charge in [-0.25, -0.2) is 0 Å². The second-order valence-corrected chi connectivity index (χ2v) is 6.75. The van der Waals surface area contributed by atoms with Gasteiger partial charge < -0.3 is 15.3 Å². The highest BCUT2D eigenvalue weighted by atomic mass is 16.4. The Morgan fingerprint density at radius 2 is 1.80 bits per heavy atom. The average molecular weight is 284 g/mol. The number of likely N-dealkylation sites (N-methyl/N-ethyl adjacent to an activating group) is 1. The van der Waals surface area contributed by atoms with Gasteiger partial charge in [0.15, 0.2) is 0 Å². The SMILES string of the molecule is CC1C[C@H](C(=O)NC(CN(C)C)C(C)C)[C@H](C(=O)O)C1. The van der Waals surface area contributed by atoms with Crippen LogP contribution < -0.4 is 5.32 Å². The van der Waals surface area contributed by atoms with Crippen molar-refractivity contribution in [3.8, 4) is 0 Å². The van der Waals surface area contributed by atoms with Gasteiger partial charge in [0, 0.05) is 12.6 Å². The van der Waals surface area contributed by atoms with E-state index < -0.39 is 11.9 Å². The van der Waals surface area contributed by atoms with Crippen LogP contribution in [0.15, 0.2) is 0 Å². The van der Waals surface area contributed by atoms with Gasteiger partial charge in [-0.15, -0.1) is 0 Å². The third kappa shape index (κ3) is 4.47. The first-order valence-corrected chi connectivity index (χ1v) is 7.40. The summed E-state index contributed by atoms with van der Waals surface area (Å²) >= 11 is 0. The minimum Gasteiger partial charge on any atom is -0.481 e. The molecule has 0 aromatic rings. The van der Waals surface area contributed by atoms with E-state index in [9.17, 15) is 14.7 Å². The molecule has 116 valence electrons. The lowest BCUT2D eigenvalue weighted by molar-refractivity contribution is -0.146. The molecule has 1 amide bonds. The van der Waals surface area contributed by atoms with Crippen molar-refractivity contribution in [2.45, 2.75) is 39.7 Å². The number of hydrogen-bond acceptors (Lipinski definition) is 3. The molecular formula is C15H28N2O3. The highest BCUT2D eigenvalue weighted by molar-refractivity contribution is 5.85. The first-order chi connectivity index (χ1) is 9.22. The normalized spacial score (nSPS) is 27.9. The zero-order valence-corrected chi connectivity index (χ0v) is 13.2. The summed E-state index contributed by atoms with van der Waals surface area (Å²) in [4.78, 5) is 25.7. The summed E-state index contributed by atoms with van der Waals surface area (Å²) in [7, 11) is 3.94. The lowest BCUT2D eigenvalue weighted by Gasteiger charge is -2.27. The minimum atomic E-state index is -0.844. The maximum atomic E-state index is 12.4. The topological polar surface area (TPSA) is 69.6 Å². The molecule has 2 unspecified atom stereocenters. The van der Waals surface area contributed by atoms with Crippen LogP contribution in [0.2, 0.25) is 0 Å². The van der Waals surface area contributed by atoms with E-state index in [2.05, 4.69) is 19.2 Å². The second-order valence-electron chi connectivity index (χ2n) is 6.75. The molecule has 0 radical (unpaired) electrons. The van der Waals surface area contributed by atoms with Gasteiger partial charge in [-0.05, 0) is 38.8 Å². The Bertz CT molecular complexity index is 355. The summed E-state index contributed by atoms with van der Waals surface area (Å²) < 4.78 is 0. The summed E-state index contributed by atoms with van der Waals surface area (Å²) in [6, 6.07) is 0.0582. The predicted octanol–water partition coefficient (Wildman–Crippen LogP) is 1.44. The van der Waals surface area contributed by atoms with Crippen molar-refractivity contribution >= 4 is 11.9 Å². The number of carbonyl (C=O) groups excluding carboxylic acids is 1. The molecular weight excluding hydrogens is 256 g/mol. The van der Waals surface area contributed by atoms with E-state index in [1.165, 1.54) is 0 Å². The second kappa shape index (κ2) is 7.07.